The number of amides is 1. The third kappa shape index (κ3) is 8.32. The van der Waals surface area contributed by atoms with E-state index < -0.39 is 23.3 Å². The number of hydrogen-bond acceptors (Lipinski definition) is 5. The molecule has 8 nitrogen and oxygen atoms in total. The van der Waals surface area contributed by atoms with Gasteiger partial charge in [0.2, 0.25) is 5.91 Å². The fraction of sp³-hybridized carbons (Fsp3) is 0.872. The van der Waals surface area contributed by atoms with Gasteiger partial charge in [0, 0.05) is 18.4 Å². The number of allylic oxidation sites excluding steroid dienone is 2. The average molecular weight is 768 g/mol. The average Bonchev–Trinajstić information content (AvgIpc) is 3.08. The summed E-state index contributed by atoms with van der Waals surface area (Å²) in [7, 11) is 0. The number of fused-ring (bicyclic) bond motifs is 7. The highest BCUT2D eigenvalue weighted by Crippen LogP contribution is 2.76. The summed E-state index contributed by atoms with van der Waals surface area (Å²) in [4.78, 5) is 50.0. The van der Waals surface area contributed by atoms with Crippen LogP contribution in [0.2, 0.25) is 0 Å². The number of carboxylic acid groups (broad SMARTS) is 2. The van der Waals surface area contributed by atoms with E-state index in [1.54, 1.807) is 19.4 Å². The van der Waals surface area contributed by atoms with Gasteiger partial charge in [-0.1, -0.05) is 98.6 Å². The minimum Gasteiger partial charge on any atom is -0.481 e. The molecule has 55 heavy (non-hydrogen) atoms. The SMILES string of the molecule is CC1(C)CC[C@]2(C(=O)NCCCCCCCCCCC(=O)O)CC[C@]3(C)C(=CCC4[C@@]5(C)CCC(OC(=O)CC(C)(C)C(=O)O)C(C)(C)C5CC[C@]43C)C2C1. The van der Waals surface area contributed by atoms with Gasteiger partial charge in [-0.2, -0.15) is 0 Å². The molecule has 3 N–H and O–H groups in total. The number of unbranched alkanes of at least 4 members (excludes halogenated alkanes) is 7. The van der Waals surface area contributed by atoms with Crippen LogP contribution in [0, 0.1) is 55.7 Å². The monoisotopic (exact) mass is 768 g/mol. The zero-order valence-corrected chi connectivity index (χ0v) is 36.2. The summed E-state index contributed by atoms with van der Waals surface area (Å²) >= 11 is 0. The Balaban J connectivity index is 1.27. The number of aliphatic carboxylic acids is 2. The molecule has 1 amide bonds. The van der Waals surface area contributed by atoms with Crippen molar-refractivity contribution in [1.82, 2.24) is 5.32 Å². The molecule has 312 valence electrons. The van der Waals surface area contributed by atoms with Crippen molar-refractivity contribution in [1.29, 1.82) is 0 Å². The minimum atomic E-state index is -1.15. The van der Waals surface area contributed by atoms with Crippen molar-refractivity contribution in [3.63, 3.8) is 0 Å². The van der Waals surface area contributed by atoms with E-state index in [2.05, 4.69) is 59.9 Å². The van der Waals surface area contributed by atoms with E-state index >= 15 is 0 Å². The lowest BCUT2D eigenvalue weighted by molar-refractivity contribution is -0.213. The Morgan fingerprint density at radius 3 is 2.04 bits per heavy atom. The van der Waals surface area contributed by atoms with Gasteiger partial charge < -0.3 is 20.3 Å². The van der Waals surface area contributed by atoms with Crippen molar-refractivity contribution in [2.24, 2.45) is 55.7 Å². The van der Waals surface area contributed by atoms with Gasteiger partial charge in [0.05, 0.1) is 17.3 Å². The Kier molecular flexibility index (Phi) is 12.8. The van der Waals surface area contributed by atoms with Crippen molar-refractivity contribution in [3.05, 3.63) is 11.6 Å². The van der Waals surface area contributed by atoms with Crippen LogP contribution >= 0.6 is 0 Å². The lowest BCUT2D eigenvalue weighted by atomic mass is 9.33. The Bertz CT molecular complexity index is 1480. The fourth-order valence-electron chi connectivity index (χ4n) is 13.3. The van der Waals surface area contributed by atoms with Crippen LogP contribution in [0.15, 0.2) is 11.6 Å². The van der Waals surface area contributed by atoms with E-state index in [4.69, 9.17) is 9.84 Å². The largest absolute Gasteiger partial charge is 0.481 e. The fourth-order valence-corrected chi connectivity index (χ4v) is 13.3. The molecular weight excluding hydrogens is 691 g/mol. The molecule has 0 aromatic carbocycles. The maximum atomic E-state index is 14.5. The van der Waals surface area contributed by atoms with Gasteiger partial charge in [0.1, 0.15) is 6.10 Å². The van der Waals surface area contributed by atoms with Gasteiger partial charge in [-0.3, -0.25) is 19.2 Å². The van der Waals surface area contributed by atoms with E-state index in [0.29, 0.717) is 17.7 Å². The van der Waals surface area contributed by atoms with Crippen molar-refractivity contribution < 1.29 is 34.1 Å². The lowest BCUT2D eigenvalue weighted by Crippen LogP contribution is -2.65. The summed E-state index contributed by atoms with van der Waals surface area (Å²) in [5, 5.41) is 21.9. The summed E-state index contributed by atoms with van der Waals surface area (Å²) in [6, 6.07) is 0. The second-order valence-electron chi connectivity index (χ2n) is 21.8. The molecule has 0 bridgehead atoms. The molecule has 0 aromatic rings. The van der Waals surface area contributed by atoms with E-state index in [9.17, 15) is 24.3 Å². The van der Waals surface area contributed by atoms with Crippen LogP contribution in [0.5, 0.6) is 0 Å². The highest BCUT2D eigenvalue weighted by atomic mass is 16.5. The lowest BCUT2D eigenvalue weighted by Gasteiger charge is -2.71. The summed E-state index contributed by atoms with van der Waals surface area (Å²) in [5.74, 6) is -0.648. The van der Waals surface area contributed by atoms with Crippen LogP contribution < -0.4 is 5.32 Å². The van der Waals surface area contributed by atoms with Crippen LogP contribution in [0.1, 0.15) is 191 Å². The van der Waals surface area contributed by atoms with Gasteiger partial charge >= 0.3 is 17.9 Å². The number of rotatable bonds is 16. The molecule has 5 aliphatic carbocycles. The number of ether oxygens (including phenoxy) is 1. The van der Waals surface area contributed by atoms with Crippen molar-refractivity contribution in [3.8, 4) is 0 Å². The molecule has 0 saturated heterocycles. The zero-order chi connectivity index (χ0) is 40.7. The minimum absolute atomic E-state index is 0.0231. The van der Waals surface area contributed by atoms with E-state index in [1.165, 1.54) is 6.42 Å². The molecule has 4 saturated carbocycles. The Morgan fingerprint density at radius 1 is 0.782 bits per heavy atom. The molecule has 5 aliphatic rings. The van der Waals surface area contributed by atoms with Crippen LogP contribution in [-0.2, 0) is 23.9 Å². The van der Waals surface area contributed by atoms with E-state index in [-0.39, 0.29) is 57.4 Å². The number of hydrogen-bond donors (Lipinski definition) is 3. The van der Waals surface area contributed by atoms with Crippen molar-refractivity contribution in [2.45, 2.75) is 197 Å². The highest BCUT2D eigenvalue weighted by molar-refractivity contribution is 5.84. The van der Waals surface area contributed by atoms with Gasteiger partial charge in [0.25, 0.3) is 0 Å². The number of carbonyl (C=O) groups is 4. The predicted molar refractivity (Wildman–Crippen MR) is 217 cm³/mol. The summed E-state index contributed by atoms with van der Waals surface area (Å²) in [6.07, 6.45) is 21.2. The second kappa shape index (κ2) is 16.1. The highest BCUT2D eigenvalue weighted by Gasteiger charge is 2.69. The molecule has 8 atom stereocenters. The molecule has 4 unspecified atom stereocenters. The van der Waals surface area contributed by atoms with Crippen LogP contribution in [-0.4, -0.2) is 46.7 Å². The third-order valence-corrected chi connectivity index (χ3v) is 17.1. The smallest absolute Gasteiger partial charge is 0.309 e. The maximum Gasteiger partial charge on any atom is 0.309 e. The van der Waals surface area contributed by atoms with Crippen LogP contribution in [0.3, 0.4) is 0 Å². The third-order valence-electron chi connectivity index (χ3n) is 17.1. The first-order valence-corrected chi connectivity index (χ1v) is 22.2. The number of nitrogens with one attached hydrogen (secondary N) is 1. The molecule has 8 heteroatoms. The quantitative estimate of drug-likeness (QED) is 0.0810. The van der Waals surface area contributed by atoms with E-state index in [1.807, 2.05) is 0 Å². The summed E-state index contributed by atoms with van der Waals surface area (Å²) in [5.41, 5.74) is 0.277. The van der Waals surface area contributed by atoms with Crippen molar-refractivity contribution in [2.75, 3.05) is 6.54 Å². The predicted octanol–water partition coefficient (Wildman–Crippen LogP) is 10.9. The molecule has 0 radical (unpaired) electrons. The van der Waals surface area contributed by atoms with Crippen LogP contribution in [0.4, 0.5) is 0 Å². The number of carboxylic acids is 2. The zero-order valence-electron chi connectivity index (χ0n) is 36.2. The Morgan fingerprint density at radius 2 is 1.40 bits per heavy atom. The molecule has 0 aliphatic heterocycles. The molecule has 0 spiro atoms. The molecule has 4 fully saturated rings. The first-order chi connectivity index (χ1) is 25.6. The maximum absolute atomic E-state index is 14.5. The second-order valence-corrected chi connectivity index (χ2v) is 21.8. The van der Waals surface area contributed by atoms with Crippen LogP contribution in [0.25, 0.3) is 0 Å². The molecular formula is C47H77NO7. The molecule has 0 aromatic heterocycles. The normalized spacial score (nSPS) is 36.2. The van der Waals surface area contributed by atoms with Gasteiger partial charge in [-0.05, 0) is 130 Å². The van der Waals surface area contributed by atoms with Gasteiger partial charge in [0.15, 0.2) is 0 Å². The van der Waals surface area contributed by atoms with E-state index in [0.717, 1.165) is 116 Å². The first kappa shape index (κ1) is 43.7. The summed E-state index contributed by atoms with van der Waals surface area (Å²) < 4.78 is 6.17. The first-order valence-electron chi connectivity index (χ1n) is 22.2. The number of carbonyl (C=O) groups excluding carboxylic acids is 2. The standard InChI is InChI=1S/C47H77NO7/c1-41(2)25-27-47(39(52)48-29-17-15-13-11-10-12-14-16-18-37(49)50)28-26-45(8)32(33(47)30-41)19-20-35-44(7)23-22-36(55-38(51)31-42(3,4)40(53)54)43(5,6)34(44)21-24-46(35,45)9/h19,33-36H,10-18,20-31H2,1-9H3,(H,48,52)(H,49,50)(H,53,54)/t33?,34?,35?,36?,44-,45+,46+,47-/m0/s1. The number of esters is 1. The Labute approximate surface area is 333 Å². The Hall–Kier alpha value is -2.38. The van der Waals surface area contributed by atoms with Gasteiger partial charge in [-0.25, -0.2) is 0 Å². The van der Waals surface area contributed by atoms with Gasteiger partial charge in [-0.15, -0.1) is 0 Å². The summed E-state index contributed by atoms with van der Waals surface area (Å²) in [6.45, 7) is 21.0. The molecule has 0 heterocycles. The molecule has 5 rings (SSSR count). The topological polar surface area (TPSA) is 130 Å². The van der Waals surface area contributed by atoms with Crippen molar-refractivity contribution >= 4 is 23.8 Å².